The Bertz CT molecular complexity index is 443. The molecule has 1 aromatic carbocycles. The van der Waals surface area contributed by atoms with Gasteiger partial charge in [0, 0.05) is 19.0 Å². The van der Waals surface area contributed by atoms with Gasteiger partial charge in [0.2, 0.25) is 5.91 Å². The number of nitrogens with one attached hydrogen (secondary N) is 1. The average molecular weight is 256 g/mol. The summed E-state index contributed by atoms with van der Waals surface area (Å²) >= 11 is 6.00. The summed E-state index contributed by atoms with van der Waals surface area (Å²) in [5.74, 6) is -0.348. The molecule has 0 radical (unpaired) electrons. The Morgan fingerprint density at radius 3 is 2.88 bits per heavy atom. The quantitative estimate of drug-likeness (QED) is 0.822. The molecule has 0 aliphatic heterocycles. The zero-order chi connectivity index (χ0) is 12.8. The molecule has 1 aromatic rings. The van der Waals surface area contributed by atoms with Crippen molar-refractivity contribution in [1.29, 1.82) is 0 Å². The van der Waals surface area contributed by atoms with Gasteiger partial charge in [0.15, 0.2) is 0 Å². The van der Waals surface area contributed by atoms with Crippen molar-refractivity contribution in [3.05, 3.63) is 40.2 Å². The molecule has 0 fully saturated rings. The first-order valence-corrected chi connectivity index (χ1v) is 5.75. The van der Waals surface area contributed by atoms with E-state index in [-0.39, 0.29) is 11.7 Å². The standard InChI is InChI=1S/C13H15ClFNO/c1-9-12(15)7-6-11(13(9)14)5-3-4-8-16-10(2)17/h3,5-7H,4,8H2,1-2H3,(H,16,17). The Kier molecular flexibility index (Phi) is 5.16. The molecule has 0 bridgehead atoms. The summed E-state index contributed by atoms with van der Waals surface area (Å²) in [6.45, 7) is 3.71. The zero-order valence-corrected chi connectivity index (χ0v) is 10.6. The predicted molar refractivity (Wildman–Crippen MR) is 68.5 cm³/mol. The number of carbonyl (C=O) groups is 1. The Labute approximate surface area is 105 Å². The van der Waals surface area contributed by atoms with E-state index in [4.69, 9.17) is 11.6 Å². The molecule has 1 rings (SSSR count). The van der Waals surface area contributed by atoms with Gasteiger partial charge in [0.1, 0.15) is 5.82 Å². The highest BCUT2D eigenvalue weighted by Crippen LogP contribution is 2.24. The summed E-state index contributed by atoms with van der Waals surface area (Å²) in [4.78, 5) is 10.6. The van der Waals surface area contributed by atoms with Gasteiger partial charge in [-0.3, -0.25) is 4.79 Å². The smallest absolute Gasteiger partial charge is 0.216 e. The van der Waals surface area contributed by atoms with Gasteiger partial charge in [-0.05, 0) is 25.0 Å². The highest BCUT2D eigenvalue weighted by molar-refractivity contribution is 6.32. The molecule has 0 aliphatic rings. The minimum atomic E-state index is -0.301. The van der Waals surface area contributed by atoms with Gasteiger partial charge >= 0.3 is 0 Å². The normalized spacial score (nSPS) is 10.8. The van der Waals surface area contributed by atoms with Crippen molar-refractivity contribution in [2.75, 3.05) is 6.54 Å². The molecule has 0 saturated heterocycles. The van der Waals surface area contributed by atoms with Crippen molar-refractivity contribution in [3.63, 3.8) is 0 Å². The largest absolute Gasteiger partial charge is 0.356 e. The third-order valence-electron chi connectivity index (χ3n) is 2.33. The molecule has 0 aliphatic carbocycles. The van der Waals surface area contributed by atoms with E-state index < -0.39 is 0 Å². The number of hydrogen-bond acceptors (Lipinski definition) is 1. The first-order valence-electron chi connectivity index (χ1n) is 5.38. The van der Waals surface area contributed by atoms with Gasteiger partial charge in [0.25, 0.3) is 0 Å². The number of halogens is 2. The van der Waals surface area contributed by atoms with E-state index in [9.17, 15) is 9.18 Å². The van der Waals surface area contributed by atoms with Crippen molar-refractivity contribution < 1.29 is 9.18 Å². The molecule has 17 heavy (non-hydrogen) atoms. The SMILES string of the molecule is CC(=O)NCCC=Cc1ccc(F)c(C)c1Cl. The molecule has 0 heterocycles. The van der Waals surface area contributed by atoms with Gasteiger partial charge < -0.3 is 5.32 Å². The average Bonchev–Trinajstić information content (AvgIpc) is 2.28. The summed E-state index contributed by atoms with van der Waals surface area (Å²) in [7, 11) is 0. The van der Waals surface area contributed by atoms with Crippen LogP contribution >= 0.6 is 11.6 Å². The van der Waals surface area contributed by atoms with Crippen LogP contribution in [0.4, 0.5) is 4.39 Å². The lowest BCUT2D eigenvalue weighted by molar-refractivity contribution is -0.118. The van der Waals surface area contributed by atoms with Crippen LogP contribution in [0.3, 0.4) is 0 Å². The van der Waals surface area contributed by atoms with Crippen molar-refractivity contribution in [2.24, 2.45) is 0 Å². The van der Waals surface area contributed by atoms with E-state index in [0.717, 1.165) is 5.56 Å². The van der Waals surface area contributed by atoms with Crippen LogP contribution in [-0.2, 0) is 4.79 Å². The fourth-order valence-electron chi connectivity index (χ4n) is 1.35. The molecule has 0 aromatic heterocycles. The third-order valence-corrected chi connectivity index (χ3v) is 2.83. The van der Waals surface area contributed by atoms with Crippen molar-refractivity contribution in [1.82, 2.24) is 5.32 Å². The second kappa shape index (κ2) is 6.40. The van der Waals surface area contributed by atoms with Gasteiger partial charge in [-0.15, -0.1) is 0 Å². The maximum Gasteiger partial charge on any atom is 0.216 e. The number of rotatable bonds is 4. The van der Waals surface area contributed by atoms with Crippen molar-refractivity contribution in [3.8, 4) is 0 Å². The number of benzene rings is 1. The maximum absolute atomic E-state index is 13.1. The van der Waals surface area contributed by atoms with E-state index in [1.165, 1.54) is 13.0 Å². The molecular formula is C13H15ClFNO. The number of amides is 1. The first-order chi connectivity index (χ1) is 8.02. The Morgan fingerprint density at radius 1 is 1.53 bits per heavy atom. The van der Waals surface area contributed by atoms with Crippen LogP contribution in [0, 0.1) is 12.7 Å². The van der Waals surface area contributed by atoms with Crippen molar-refractivity contribution in [2.45, 2.75) is 20.3 Å². The highest BCUT2D eigenvalue weighted by Gasteiger charge is 2.04. The van der Waals surface area contributed by atoms with Gasteiger partial charge in [-0.2, -0.15) is 0 Å². The summed E-state index contributed by atoms with van der Waals surface area (Å²) < 4.78 is 13.1. The predicted octanol–water partition coefficient (Wildman–Crippen LogP) is 3.33. The lowest BCUT2D eigenvalue weighted by Crippen LogP contribution is -2.20. The molecule has 0 spiro atoms. The molecule has 4 heteroatoms. The summed E-state index contributed by atoms with van der Waals surface area (Å²) in [6.07, 6.45) is 4.44. The Hall–Kier alpha value is -1.35. The van der Waals surface area contributed by atoms with Crippen LogP contribution in [0.15, 0.2) is 18.2 Å². The second-order valence-electron chi connectivity index (χ2n) is 3.75. The van der Waals surface area contributed by atoms with Gasteiger partial charge in [-0.25, -0.2) is 4.39 Å². The minimum absolute atomic E-state index is 0.0472. The lowest BCUT2D eigenvalue weighted by atomic mass is 10.1. The van der Waals surface area contributed by atoms with E-state index >= 15 is 0 Å². The molecule has 2 nitrogen and oxygen atoms in total. The molecular weight excluding hydrogens is 241 g/mol. The molecule has 92 valence electrons. The van der Waals surface area contributed by atoms with E-state index in [2.05, 4.69) is 5.32 Å². The van der Waals surface area contributed by atoms with Crippen LogP contribution in [0.2, 0.25) is 5.02 Å². The molecule has 0 saturated carbocycles. The summed E-state index contributed by atoms with van der Waals surface area (Å²) in [5, 5.41) is 3.12. The molecule has 1 amide bonds. The van der Waals surface area contributed by atoms with Gasteiger partial charge in [-0.1, -0.05) is 29.8 Å². The number of carbonyl (C=O) groups excluding carboxylic acids is 1. The lowest BCUT2D eigenvalue weighted by Gasteiger charge is -2.03. The molecule has 0 atom stereocenters. The zero-order valence-electron chi connectivity index (χ0n) is 9.89. The maximum atomic E-state index is 13.1. The molecule has 0 unspecified atom stereocenters. The summed E-state index contributed by atoms with van der Waals surface area (Å²) in [5.41, 5.74) is 1.24. The third kappa shape index (κ3) is 4.19. The van der Waals surface area contributed by atoms with Gasteiger partial charge in [0.05, 0.1) is 5.02 Å². The van der Waals surface area contributed by atoms with Crippen LogP contribution in [-0.4, -0.2) is 12.5 Å². The van der Waals surface area contributed by atoms with Crippen LogP contribution in [0.1, 0.15) is 24.5 Å². The van der Waals surface area contributed by atoms with Crippen LogP contribution in [0.5, 0.6) is 0 Å². The Morgan fingerprint density at radius 2 is 2.24 bits per heavy atom. The monoisotopic (exact) mass is 255 g/mol. The minimum Gasteiger partial charge on any atom is -0.356 e. The van der Waals surface area contributed by atoms with E-state index in [1.54, 1.807) is 13.0 Å². The Balaban J connectivity index is 2.60. The topological polar surface area (TPSA) is 29.1 Å². The first kappa shape index (κ1) is 13.7. The van der Waals surface area contributed by atoms with Crippen LogP contribution < -0.4 is 5.32 Å². The fraction of sp³-hybridized carbons (Fsp3) is 0.308. The molecule has 1 N–H and O–H groups in total. The fourth-order valence-corrected chi connectivity index (χ4v) is 1.57. The second-order valence-corrected chi connectivity index (χ2v) is 4.13. The number of hydrogen-bond donors (Lipinski definition) is 1. The van der Waals surface area contributed by atoms with E-state index in [0.29, 0.717) is 23.6 Å². The van der Waals surface area contributed by atoms with Crippen LogP contribution in [0.25, 0.3) is 6.08 Å². The highest BCUT2D eigenvalue weighted by atomic mass is 35.5. The summed E-state index contributed by atoms with van der Waals surface area (Å²) in [6, 6.07) is 3.04. The van der Waals surface area contributed by atoms with Crippen molar-refractivity contribution >= 4 is 23.6 Å². The van der Waals surface area contributed by atoms with E-state index in [1.807, 2.05) is 12.2 Å².